The molecule has 0 radical (unpaired) electrons. The molecule has 10 heteroatoms. The molecule has 2 aliphatic carbocycles. The van der Waals surface area contributed by atoms with Crippen LogP contribution < -0.4 is 22.3 Å². The highest BCUT2D eigenvalue weighted by atomic mass is 35.5. The smallest absolute Gasteiger partial charge is 0.329 e. The number of carbonyl (C=O) groups is 1. The van der Waals surface area contributed by atoms with Crippen molar-refractivity contribution in [1.82, 2.24) is 19.9 Å². The Balaban J connectivity index is 0.00000140. The lowest BCUT2D eigenvalue weighted by atomic mass is 9.67. The lowest BCUT2D eigenvalue weighted by molar-refractivity contribution is 0.0756. The number of hydrogen-bond acceptors (Lipinski definition) is 5. The third-order valence-corrected chi connectivity index (χ3v) is 5.89. The fourth-order valence-corrected chi connectivity index (χ4v) is 4.62. The number of carbonyl (C=O) groups excluding carboxylic acids is 1. The number of nitrogens with zero attached hydrogens (tertiary/aromatic N) is 2. The molecule has 2 aromatic heterocycles. The van der Waals surface area contributed by atoms with Crippen molar-refractivity contribution < 1.29 is 4.79 Å². The van der Waals surface area contributed by atoms with E-state index in [1.807, 2.05) is 0 Å². The van der Waals surface area contributed by atoms with Gasteiger partial charge in [0.1, 0.15) is 5.65 Å². The van der Waals surface area contributed by atoms with E-state index in [1.54, 1.807) is 0 Å². The molecule has 8 nitrogen and oxygen atoms in total. The lowest BCUT2D eigenvalue weighted by Crippen LogP contribution is -2.53. The Hall–Kier alpha value is -1.90. The predicted molar refractivity (Wildman–Crippen MR) is 111 cm³/mol. The highest BCUT2D eigenvalue weighted by Gasteiger charge is 2.40. The molecule has 28 heavy (non-hydrogen) atoms. The van der Waals surface area contributed by atoms with Crippen molar-refractivity contribution in [2.24, 2.45) is 24.6 Å². The molecule has 4 N–H and O–H groups in total. The van der Waals surface area contributed by atoms with Crippen LogP contribution in [0.2, 0.25) is 0 Å². The number of fused-ring (bicyclic) bond motifs is 3. The first-order chi connectivity index (χ1) is 12.4. The molecule has 0 saturated heterocycles. The van der Waals surface area contributed by atoms with Crippen LogP contribution in [0.1, 0.15) is 42.5 Å². The van der Waals surface area contributed by atoms with Gasteiger partial charge in [0.2, 0.25) is 0 Å². The summed E-state index contributed by atoms with van der Waals surface area (Å²) >= 11 is 0. The maximum Gasteiger partial charge on any atom is 0.329 e. The minimum absolute atomic E-state index is 0. The van der Waals surface area contributed by atoms with E-state index in [0.29, 0.717) is 17.4 Å². The van der Waals surface area contributed by atoms with Crippen LogP contribution in [-0.2, 0) is 7.05 Å². The molecule has 2 bridgehead atoms. The van der Waals surface area contributed by atoms with Gasteiger partial charge in [-0.2, -0.15) is 0 Å². The Bertz CT molecular complexity index is 975. The number of pyridine rings is 1. The van der Waals surface area contributed by atoms with E-state index in [-0.39, 0.29) is 53.8 Å². The van der Waals surface area contributed by atoms with Gasteiger partial charge in [-0.1, -0.05) is 6.42 Å². The summed E-state index contributed by atoms with van der Waals surface area (Å²) < 4.78 is 1.26. The molecule has 1 amide bonds. The van der Waals surface area contributed by atoms with Crippen molar-refractivity contribution in [2.75, 3.05) is 0 Å². The summed E-state index contributed by atoms with van der Waals surface area (Å²) in [5.41, 5.74) is 5.67. The van der Waals surface area contributed by atoms with Gasteiger partial charge in [-0.05, 0) is 43.6 Å². The minimum atomic E-state index is -0.536. The fourth-order valence-electron chi connectivity index (χ4n) is 4.62. The Kier molecular flexibility index (Phi) is 6.90. The van der Waals surface area contributed by atoms with Gasteiger partial charge in [0, 0.05) is 25.3 Å². The van der Waals surface area contributed by atoms with Crippen molar-refractivity contribution in [3.05, 3.63) is 38.7 Å². The quantitative estimate of drug-likeness (QED) is 0.659. The molecule has 154 valence electrons. The SMILES string of the molecule is Cl.Cl.Cn1c(=O)[nH]c(=O)c2cc(C(=O)NC3C4CCCC3CC(N)C4)cnc21. The van der Waals surface area contributed by atoms with Crippen LogP contribution >= 0.6 is 24.8 Å². The second-order valence-electron chi connectivity index (χ2n) is 7.60. The summed E-state index contributed by atoms with van der Waals surface area (Å²) in [5, 5.41) is 3.38. The topological polar surface area (TPSA) is 123 Å². The molecule has 0 spiro atoms. The summed E-state index contributed by atoms with van der Waals surface area (Å²) in [5.74, 6) is 0.600. The zero-order valence-electron chi connectivity index (χ0n) is 15.5. The lowest BCUT2D eigenvalue weighted by Gasteiger charge is -2.45. The van der Waals surface area contributed by atoms with Crippen LogP contribution in [0.5, 0.6) is 0 Å². The summed E-state index contributed by atoms with van der Waals surface area (Å²) in [7, 11) is 1.53. The Morgan fingerprint density at radius 1 is 1.25 bits per heavy atom. The number of aryl methyl sites for hydroxylation is 1. The second kappa shape index (κ2) is 8.63. The van der Waals surface area contributed by atoms with Gasteiger partial charge < -0.3 is 11.1 Å². The molecule has 2 fully saturated rings. The number of amides is 1. The average Bonchev–Trinajstić information content (AvgIpc) is 2.60. The first kappa shape index (κ1) is 22.4. The van der Waals surface area contributed by atoms with Crippen molar-refractivity contribution in [1.29, 1.82) is 0 Å². The first-order valence-corrected chi connectivity index (χ1v) is 9.09. The molecular weight excluding hydrogens is 405 g/mol. The second-order valence-corrected chi connectivity index (χ2v) is 7.60. The van der Waals surface area contributed by atoms with Gasteiger partial charge in [0.05, 0.1) is 10.9 Å². The summed E-state index contributed by atoms with van der Waals surface area (Å²) in [6.45, 7) is 0. The molecule has 2 heterocycles. The molecule has 2 atom stereocenters. The molecule has 2 unspecified atom stereocenters. The average molecular weight is 430 g/mol. The molecule has 2 aromatic rings. The third kappa shape index (κ3) is 3.94. The Labute approximate surface area is 174 Å². The number of hydrogen-bond donors (Lipinski definition) is 3. The number of aromatic amines is 1. The van der Waals surface area contributed by atoms with Crippen molar-refractivity contribution >= 4 is 41.8 Å². The third-order valence-electron chi connectivity index (χ3n) is 5.89. The van der Waals surface area contributed by atoms with Crippen molar-refractivity contribution in [3.8, 4) is 0 Å². The molecule has 2 aliphatic rings. The Morgan fingerprint density at radius 3 is 2.54 bits per heavy atom. The van der Waals surface area contributed by atoms with E-state index in [1.165, 1.54) is 30.3 Å². The van der Waals surface area contributed by atoms with E-state index in [2.05, 4.69) is 15.3 Å². The maximum atomic E-state index is 12.8. The molecule has 0 aromatic carbocycles. The Morgan fingerprint density at radius 2 is 1.89 bits per heavy atom. The predicted octanol–water partition coefficient (Wildman–Crippen LogP) is 1.10. The highest BCUT2D eigenvalue weighted by molar-refractivity contribution is 5.96. The number of H-pyrrole nitrogens is 1. The maximum absolute atomic E-state index is 12.8. The van der Waals surface area contributed by atoms with Gasteiger partial charge in [-0.3, -0.25) is 19.1 Å². The number of halogens is 2. The van der Waals surface area contributed by atoms with Gasteiger partial charge in [-0.25, -0.2) is 9.78 Å². The van der Waals surface area contributed by atoms with E-state index in [4.69, 9.17) is 5.73 Å². The normalized spacial score (nSPS) is 26.1. The molecule has 4 rings (SSSR count). The number of aromatic nitrogens is 3. The largest absolute Gasteiger partial charge is 0.349 e. The summed E-state index contributed by atoms with van der Waals surface area (Å²) in [6, 6.07) is 1.85. The zero-order chi connectivity index (χ0) is 18.4. The van der Waals surface area contributed by atoms with E-state index < -0.39 is 11.2 Å². The van der Waals surface area contributed by atoms with E-state index in [0.717, 1.165) is 25.7 Å². The number of rotatable bonds is 2. The highest BCUT2D eigenvalue weighted by Crippen LogP contribution is 2.39. The van der Waals surface area contributed by atoms with Crippen LogP contribution in [0.25, 0.3) is 11.0 Å². The van der Waals surface area contributed by atoms with Gasteiger partial charge in [-0.15, -0.1) is 24.8 Å². The fraction of sp³-hybridized carbons (Fsp3) is 0.556. The van der Waals surface area contributed by atoms with Crippen molar-refractivity contribution in [2.45, 2.75) is 44.2 Å². The van der Waals surface area contributed by atoms with Gasteiger partial charge >= 0.3 is 5.69 Å². The molecular formula is C18H25Cl2N5O3. The molecule has 0 aliphatic heterocycles. The molecule has 2 saturated carbocycles. The summed E-state index contributed by atoms with van der Waals surface area (Å²) in [6.07, 6.45) is 6.68. The zero-order valence-corrected chi connectivity index (χ0v) is 17.1. The van der Waals surface area contributed by atoms with E-state index >= 15 is 0 Å². The van der Waals surface area contributed by atoms with Gasteiger partial charge in [0.15, 0.2) is 0 Å². The first-order valence-electron chi connectivity index (χ1n) is 9.09. The van der Waals surface area contributed by atoms with Crippen LogP contribution in [0.15, 0.2) is 21.9 Å². The summed E-state index contributed by atoms with van der Waals surface area (Å²) in [4.78, 5) is 42.9. The van der Waals surface area contributed by atoms with Crippen LogP contribution in [-0.4, -0.2) is 32.5 Å². The van der Waals surface area contributed by atoms with Crippen LogP contribution in [0.4, 0.5) is 0 Å². The van der Waals surface area contributed by atoms with Crippen molar-refractivity contribution in [3.63, 3.8) is 0 Å². The minimum Gasteiger partial charge on any atom is -0.349 e. The standard InChI is InChI=1S/C18H23N5O3.2ClH/c1-23-15-13(17(25)22-18(23)26)7-11(8-20-15)16(24)21-14-9-3-2-4-10(14)6-12(19)5-9;;/h7-10,12,14H,2-6,19H2,1H3,(H,21,24)(H,22,25,26);2*1H. The van der Waals surface area contributed by atoms with Crippen LogP contribution in [0.3, 0.4) is 0 Å². The van der Waals surface area contributed by atoms with Gasteiger partial charge in [0.25, 0.3) is 11.5 Å². The van der Waals surface area contributed by atoms with Crippen LogP contribution in [0, 0.1) is 11.8 Å². The monoisotopic (exact) mass is 429 g/mol. The van der Waals surface area contributed by atoms with E-state index in [9.17, 15) is 14.4 Å². The number of nitrogens with two attached hydrogens (primary N) is 1. The number of nitrogens with one attached hydrogen (secondary N) is 2.